The lowest BCUT2D eigenvalue weighted by molar-refractivity contribution is 0.0306. The largest absolute Gasteiger partial charge is 0.393 e. The Labute approximate surface area is 191 Å². The molecule has 3 aromatic rings. The van der Waals surface area contributed by atoms with Gasteiger partial charge in [-0.2, -0.15) is 0 Å². The molecule has 174 valence electrons. The van der Waals surface area contributed by atoms with Gasteiger partial charge >= 0.3 is 0 Å². The number of hydrogen-bond donors (Lipinski definition) is 2. The molecule has 33 heavy (non-hydrogen) atoms. The summed E-state index contributed by atoms with van der Waals surface area (Å²) in [5.74, 6) is 0.947. The monoisotopic (exact) mass is 453 g/mol. The Bertz CT molecular complexity index is 1060. The second-order valence-corrected chi connectivity index (χ2v) is 8.64. The van der Waals surface area contributed by atoms with Crippen LogP contribution in [0.15, 0.2) is 41.1 Å². The maximum Gasteiger partial charge on any atom is 0.223 e. The molecular formula is C24H28FN5O3. The summed E-state index contributed by atoms with van der Waals surface area (Å²) in [6, 6.07) is 8.31. The third kappa shape index (κ3) is 5.21. The molecule has 0 spiro atoms. The number of aliphatic hydroxyl groups excluding tert-OH is 1. The van der Waals surface area contributed by atoms with Gasteiger partial charge in [-0.1, -0.05) is 5.16 Å². The molecule has 2 aromatic heterocycles. The lowest BCUT2D eigenvalue weighted by Crippen LogP contribution is -2.35. The molecule has 5 rings (SSSR count). The standard InChI is InChI=1S/C24H28FN5O3/c25-17-3-1-16(2-4-17)23-22(21(33-29-23)15-30-11-13-32-14-12-30)20-9-10-26-24(28-20)27-18-5-7-19(31)8-6-18/h1-4,9-10,18-19,31H,5-8,11-15H2,(H,26,27,28). The van der Waals surface area contributed by atoms with E-state index in [9.17, 15) is 9.50 Å². The molecule has 2 aliphatic rings. The van der Waals surface area contributed by atoms with Crippen LogP contribution in [0.5, 0.6) is 0 Å². The Morgan fingerprint density at radius 1 is 1.06 bits per heavy atom. The highest BCUT2D eigenvalue weighted by Gasteiger charge is 2.25. The van der Waals surface area contributed by atoms with Crippen LogP contribution in [0, 0.1) is 5.82 Å². The molecule has 1 aliphatic heterocycles. The zero-order chi connectivity index (χ0) is 22.6. The Morgan fingerprint density at radius 2 is 1.82 bits per heavy atom. The quantitative estimate of drug-likeness (QED) is 0.586. The van der Waals surface area contributed by atoms with Crippen molar-refractivity contribution in [1.82, 2.24) is 20.0 Å². The average Bonchev–Trinajstić information content (AvgIpc) is 3.25. The fraction of sp³-hybridized carbons (Fsp3) is 0.458. The highest BCUT2D eigenvalue weighted by atomic mass is 19.1. The lowest BCUT2D eigenvalue weighted by atomic mass is 9.93. The van der Waals surface area contributed by atoms with Crippen molar-refractivity contribution in [2.24, 2.45) is 0 Å². The maximum absolute atomic E-state index is 13.5. The summed E-state index contributed by atoms with van der Waals surface area (Å²) in [7, 11) is 0. The minimum absolute atomic E-state index is 0.215. The fourth-order valence-corrected chi connectivity index (χ4v) is 4.43. The smallest absolute Gasteiger partial charge is 0.223 e. The molecule has 1 saturated carbocycles. The van der Waals surface area contributed by atoms with Gasteiger partial charge in [0.05, 0.1) is 37.1 Å². The predicted octanol–water partition coefficient (Wildman–Crippen LogP) is 3.49. The van der Waals surface area contributed by atoms with Gasteiger partial charge in [-0.15, -0.1) is 0 Å². The summed E-state index contributed by atoms with van der Waals surface area (Å²) >= 11 is 0. The Morgan fingerprint density at radius 3 is 2.58 bits per heavy atom. The number of ether oxygens (including phenoxy) is 1. The highest BCUT2D eigenvalue weighted by Crippen LogP contribution is 2.35. The Kier molecular flexibility index (Phi) is 6.61. The molecule has 0 bridgehead atoms. The summed E-state index contributed by atoms with van der Waals surface area (Å²) in [5.41, 5.74) is 2.88. The number of nitrogens with zero attached hydrogens (tertiary/aromatic N) is 4. The topological polar surface area (TPSA) is 96.5 Å². The number of aromatic nitrogens is 3. The Hall–Kier alpha value is -2.88. The van der Waals surface area contributed by atoms with E-state index >= 15 is 0 Å². The van der Waals surface area contributed by atoms with E-state index in [1.807, 2.05) is 6.07 Å². The summed E-state index contributed by atoms with van der Waals surface area (Å²) in [6.07, 6.45) is 4.83. The van der Waals surface area contributed by atoms with Gasteiger partial charge in [0.2, 0.25) is 5.95 Å². The fourth-order valence-electron chi connectivity index (χ4n) is 4.43. The second-order valence-electron chi connectivity index (χ2n) is 8.64. The summed E-state index contributed by atoms with van der Waals surface area (Å²) in [4.78, 5) is 11.5. The minimum atomic E-state index is -0.302. The van der Waals surface area contributed by atoms with Crippen LogP contribution >= 0.6 is 0 Å². The number of anilines is 1. The predicted molar refractivity (Wildman–Crippen MR) is 121 cm³/mol. The van der Waals surface area contributed by atoms with Crippen LogP contribution in [0.25, 0.3) is 22.5 Å². The minimum Gasteiger partial charge on any atom is -0.393 e. The van der Waals surface area contributed by atoms with E-state index in [-0.39, 0.29) is 18.0 Å². The molecule has 8 nitrogen and oxygen atoms in total. The maximum atomic E-state index is 13.5. The van der Waals surface area contributed by atoms with Gasteiger partial charge in [0.1, 0.15) is 11.5 Å². The van der Waals surface area contributed by atoms with Crippen LogP contribution in [-0.2, 0) is 11.3 Å². The van der Waals surface area contributed by atoms with Gasteiger partial charge < -0.3 is 19.7 Å². The molecule has 0 unspecified atom stereocenters. The van der Waals surface area contributed by atoms with E-state index in [0.29, 0.717) is 42.9 Å². The molecule has 2 fully saturated rings. The SMILES string of the molecule is OC1CCC(Nc2nccc(-c3c(-c4ccc(F)cc4)noc3CN3CCOCC3)n2)CC1. The van der Waals surface area contributed by atoms with Crippen molar-refractivity contribution >= 4 is 5.95 Å². The summed E-state index contributed by atoms with van der Waals surface area (Å²) in [5, 5.41) is 17.5. The van der Waals surface area contributed by atoms with Crippen molar-refractivity contribution < 1.29 is 18.8 Å². The first-order valence-electron chi connectivity index (χ1n) is 11.5. The molecule has 1 saturated heterocycles. The molecule has 0 atom stereocenters. The first-order valence-corrected chi connectivity index (χ1v) is 11.5. The van der Waals surface area contributed by atoms with Gasteiger partial charge in [-0.05, 0) is 56.0 Å². The van der Waals surface area contributed by atoms with E-state index in [1.54, 1.807) is 18.3 Å². The first kappa shape index (κ1) is 21.9. The van der Waals surface area contributed by atoms with Gasteiger partial charge in [0.15, 0.2) is 5.76 Å². The van der Waals surface area contributed by atoms with E-state index in [4.69, 9.17) is 14.2 Å². The highest BCUT2D eigenvalue weighted by molar-refractivity contribution is 5.80. The normalized spacial score (nSPS) is 21.8. The zero-order valence-electron chi connectivity index (χ0n) is 18.4. The molecule has 9 heteroatoms. The molecule has 1 aliphatic carbocycles. The summed E-state index contributed by atoms with van der Waals surface area (Å²) < 4.78 is 24.8. The van der Waals surface area contributed by atoms with Crippen LogP contribution in [0.4, 0.5) is 10.3 Å². The van der Waals surface area contributed by atoms with Crippen LogP contribution in [0.1, 0.15) is 31.4 Å². The first-order chi connectivity index (χ1) is 16.2. The molecule has 0 amide bonds. The second kappa shape index (κ2) is 9.94. The molecule has 1 aromatic carbocycles. The van der Waals surface area contributed by atoms with Gasteiger partial charge in [0.25, 0.3) is 0 Å². The lowest BCUT2D eigenvalue weighted by Gasteiger charge is -2.26. The van der Waals surface area contributed by atoms with E-state index in [2.05, 4.69) is 20.4 Å². The van der Waals surface area contributed by atoms with Crippen molar-refractivity contribution in [1.29, 1.82) is 0 Å². The number of morpholine rings is 1. The van der Waals surface area contributed by atoms with Crippen molar-refractivity contribution in [3.05, 3.63) is 48.1 Å². The number of benzene rings is 1. The van der Waals surface area contributed by atoms with Crippen LogP contribution < -0.4 is 5.32 Å². The van der Waals surface area contributed by atoms with Gasteiger partial charge in [-0.3, -0.25) is 4.90 Å². The van der Waals surface area contributed by atoms with E-state index in [1.165, 1.54) is 12.1 Å². The zero-order valence-corrected chi connectivity index (χ0v) is 18.4. The average molecular weight is 454 g/mol. The van der Waals surface area contributed by atoms with Crippen molar-refractivity contribution in [3.63, 3.8) is 0 Å². The Balaban J connectivity index is 1.47. The van der Waals surface area contributed by atoms with E-state index < -0.39 is 0 Å². The molecule has 3 heterocycles. The van der Waals surface area contributed by atoms with Gasteiger partial charge in [0, 0.05) is 30.9 Å². The third-order valence-electron chi connectivity index (χ3n) is 6.29. The van der Waals surface area contributed by atoms with Crippen molar-refractivity contribution in [3.8, 4) is 22.5 Å². The van der Waals surface area contributed by atoms with Crippen LogP contribution in [-0.4, -0.2) is 63.6 Å². The number of halogens is 1. The van der Waals surface area contributed by atoms with Crippen LogP contribution in [0.3, 0.4) is 0 Å². The molecule has 2 N–H and O–H groups in total. The van der Waals surface area contributed by atoms with E-state index in [0.717, 1.165) is 49.9 Å². The summed E-state index contributed by atoms with van der Waals surface area (Å²) in [6.45, 7) is 3.59. The number of rotatable bonds is 6. The van der Waals surface area contributed by atoms with Crippen molar-refractivity contribution in [2.45, 2.75) is 44.4 Å². The number of aliphatic hydroxyl groups is 1. The van der Waals surface area contributed by atoms with Crippen molar-refractivity contribution in [2.75, 3.05) is 31.6 Å². The number of hydrogen-bond acceptors (Lipinski definition) is 8. The molecule has 0 radical (unpaired) electrons. The molecular weight excluding hydrogens is 425 g/mol. The van der Waals surface area contributed by atoms with Gasteiger partial charge in [-0.25, -0.2) is 14.4 Å². The number of nitrogens with one attached hydrogen (secondary N) is 1. The van der Waals surface area contributed by atoms with Crippen LogP contribution in [0.2, 0.25) is 0 Å². The third-order valence-corrected chi connectivity index (χ3v) is 6.29.